The average molecular weight is 267 g/mol. The molecule has 0 amide bonds. The summed E-state index contributed by atoms with van der Waals surface area (Å²) >= 11 is 1.63. The van der Waals surface area contributed by atoms with E-state index in [1.807, 2.05) is 24.3 Å². The minimum absolute atomic E-state index is 0.0995. The molecule has 1 nitrogen and oxygen atoms in total. The largest absolute Gasteiger partial charge is 0.321 e. The average Bonchev–Trinajstić information content (AvgIpc) is 2.78. The number of rotatable bonds is 1. The minimum Gasteiger partial charge on any atom is -0.321 e. The highest BCUT2D eigenvalue weighted by Crippen LogP contribution is 2.45. The molecule has 1 saturated carbocycles. The molecule has 2 aromatic rings. The lowest BCUT2D eigenvalue weighted by molar-refractivity contribution is -0.0509. The van der Waals surface area contributed by atoms with E-state index >= 15 is 0 Å². The fourth-order valence-corrected chi connectivity index (χ4v) is 3.76. The fraction of sp³-hybridized carbons (Fsp3) is 0.429. The summed E-state index contributed by atoms with van der Waals surface area (Å²) in [6.45, 7) is 0. The summed E-state index contributed by atoms with van der Waals surface area (Å²) in [7, 11) is 0. The zero-order valence-electron chi connectivity index (χ0n) is 9.96. The molecule has 0 unspecified atom stereocenters. The van der Waals surface area contributed by atoms with Crippen molar-refractivity contribution in [1.82, 2.24) is 0 Å². The molecule has 0 saturated heterocycles. The second-order valence-electron chi connectivity index (χ2n) is 5.16. The summed E-state index contributed by atoms with van der Waals surface area (Å²) < 4.78 is 27.6. The Morgan fingerprint density at radius 3 is 2.39 bits per heavy atom. The zero-order valence-corrected chi connectivity index (χ0v) is 10.8. The Hall–Kier alpha value is -1.00. The predicted molar refractivity (Wildman–Crippen MR) is 71.1 cm³/mol. The smallest absolute Gasteiger partial charge is 0.248 e. The number of nitrogens with two attached hydrogens (primary N) is 1. The highest BCUT2D eigenvalue weighted by atomic mass is 32.1. The van der Waals surface area contributed by atoms with Crippen molar-refractivity contribution in [2.45, 2.75) is 37.1 Å². The Bertz CT molecular complexity index is 533. The van der Waals surface area contributed by atoms with Crippen molar-refractivity contribution >= 4 is 21.4 Å². The number of hydrogen-bond donors (Lipinski definition) is 1. The van der Waals surface area contributed by atoms with E-state index in [2.05, 4.69) is 6.07 Å². The molecule has 96 valence electrons. The summed E-state index contributed by atoms with van der Waals surface area (Å²) in [5.41, 5.74) is 5.78. The number of fused-ring (bicyclic) bond motifs is 1. The van der Waals surface area contributed by atoms with E-state index in [-0.39, 0.29) is 12.8 Å². The van der Waals surface area contributed by atoms with Gasteiger partial charge in [-0.1, -0.05) is 18.2 Å². The monoisotopic (exact) mass is 267 g/mol. The second kappa shape index (κ2) is 4.00. The molecule has 1 heterocycles. The van der Waals surface area contributed by atoms with Gasteiger partial charge in [0.1, 0.15) is 0 Å². The highest BCUT2D eigenvalue weighted by Gasteiger charge is 2.42. The first-order valence-corrected chi connectivity index (χ1v) is 6.96. The molecule has 1 fully saturated rings. The van der Waals surface area contributed by atoms with Gasteiger partial charge in [0.15, 0.2) is 0 Å². The van der Waals surface area contributed by atoms with Gasteiger partial charge in [-0.05, 0) is 30.4 Å². The molecular formula is C14H15F2NS. The van der Waals surface area contributed by atoms with Crippen LogP contribution in [0.5, 0.6) is 0 Å². The number of benzene rings is 1. The number of thiophene rings is 1. The van der Waals surface area contributed by atoms with E-state index in [1.54, 1.807) is 11.3 Å². The molecule has 4 heteroatoms. The predicted octanol–water partition coefficient (Wildman–Crippen LogP) is 4.26. The summed E-state index contributed by atoms with van der Waals surface area (Å²) in [5, 5.41) is 1.15. The lowest BCUT2D eigenvalue weighted by atomic mass is 9.79. The van der Waals surface area contributed by atoms with Gasteiger partial charge in [0, 0.05) is 22.4 Å². The van der Waals surface area contributed by atoms with Gasteiger partial charge in [-0.25, -0.2) is 8.78 Å². The fourth-order valence-electron chi connectivity index (χ4n) is 2.54. The van der Waals surface area contributed by atoms with Gasteiger partial charge in [-0.3, -0.25) is 0 Å². The van der Waals surface area contributed by atoms with Crippen LogP contribution in [0.4, 0.5) is 8.78 Å². The zero-order chi connectivity index (χ0) is 12.8. The van der Waals surface area contributed by atoms with Crippen LogP contribution in [0.15, 0.2) is 30.3 Å². The third-order valence-electron chi connectivity index (χ3n) is 3.79. The highest BCUT2D eigenvalue weighted by molar-refractivity contribution is 7.19. The molecule has 0 spiro atoms. The van der Waals surface area contributed by atoms with Gasteiger partial charge in [-0.15, -0.1) is 11.3 Å². The Morgan fingerprint density at radius 2 is 1.72 bits per heavy atom. The molecule has 1 aliphatic carbocycles. The topological polar surface area (TPSA) is 26.0 Å². The molecule has 1 aromatic heterocycles. The summed E-state index contributed by atoms with van der Waals surface area (Å²) in [4.78, 5) is 1.04. The molecule has 1 aliphatic rings. The molecule has 0 radical (unpaired) electrons. The first-order chi connectivity index (χ1) is 8.49. The normalized spacial score (nSPS) is 22.2. The van der Waals surface area contributed by atoms with Crippen LogP contribution in [0.2, 0.25) is 0 Å². The standard InChI is InChI=1S/C14H15F2NS/c15-14(16)7-5-13(17,6-8-14)12-9-10-3-1-2-4-11(10)18-12/h1-4,9H,5-8,17H2. The minimum atomic E-state index is -2.53. The number of halogens is 2. The van der Waals surface area contributed by atoms with Gasteiger partial charge >= 0.3 is 0 Å². The van der Waals surface area contributed by atoms with Crippen LogP contribution in [0, 0.1) is 0 Å². The Balaban J connectivity index is 1.94. The molecule has 2 N–H and O–H groups in total. The Kier molecular flexibility index (Phi) is 2.68. The summed E-state index contributed by atoms with van der Waals surface area (Å²) in [6, 6.07) is 10.1. The first kappa shape index (κ1) is 12.1. The quantitative estimate of drug-likeness (QED) is 0.820. The second-order valence-corrected chi connectivity index (χ2v) is 6.24. The third-order valence-corrected chi connectivity index (χ3v) is 5.13. The lowest BCUT2D eigenvalue weighted by Gasteiger charge is -2.36. The van der Waals surface area contributed by atoms with Crippen molar-refractivity contribution in [2.24, 2.45) is 5.73 Å². The van der Waals surface area contributed by atoms with Crippen molar-refractivity contribution in [3.8, 4) is 0 Å². The van der Waals surface area contributed by atoms with Crippen LogP contribution < -0.4 is 5.73 Å². The van der Waals surface area contributed by atoms with Crippen molar-refractivity contribution in [1.29, 1.82) is 0 Å². The van der Waals surface area contributed by atoms with Crippen LogP contribution >= 0.6 is 11.3 Å². The SMILES string of the molecule is NC1(c2cc3ccccc3s2)CCC(F)(F)CC1. The maximum atomic E-state index is 13.2. The molecule has 0 aliphatic heterocycles. The van der Waals surface area contributed by atoms with E-state index in [0.717, 1.165) is 10.3 Å². The number of hydrogen-bond acceptors (Lipinski definition) is 2. The molecule has 0 atom stereocenters. The van der Waals surface area contributed by atoms with Gasteiger partial charge in [0.2, 0.25) is 5.92 Å². The first-order valence-electron chi connectivity index (χ1n) is 6.14. The van der Waals surface area contributed by atoms with Gasteiger partial charge < -0.3 is 5.73 Å². The maximum absolute atomic E-state index is 13.2. The summed E-state index contributed by atoms with van der Waals surface area (Å²) in [5.74, 6) is -2.53. The van der Waals surface area contributed by atoms with Gasteiger partial charge in [-0.2, -0.15) is 0 Å². The molecule has 1 aromatic carbocycles. The Morgan fingerprint density at radius 1 is 1.06 bits per heavy atom. The van der Waals surface area contributed by atoms with E-state index in [9.17, 15) is 8.78 Å². The molecular weight excluding hydrogens is 252 g/mol. The van der Waals surface area contributed by atoms with Gasteiger partial charge in [0.25, 0.3) is 0 Å². The lowest BCUT2D eigenvalue weighted by Crippen LogP contribution is -2.42. The van der Waals surface area contributed by atoms with E-state index in [1.165, 1.54) is 4.70 Å². The van der Waals surface area contributed by atoms with Crippen LogP contribution in [0.1, 0.15) is 30.6 Å². The molecule has 3 rings (SSSR count). The number of alkyl halides is 2. The Labute approximate surface area is 109 Å². The van der Waals surface area contributed by atoms with Crippen molar-refractivity contribution in [3.05, 3.63) is 35.2 Å². The van der Waals surface area contributed by atoms with E-state index in [0.29, 0.717) is 12.8 Å². The van der Waals surface area contributed by atoms with Crippen molar-refractivity contribution in [3.63, 3.8) is 0 Å². The third kappa shape index (κ3) is 2.04. The molecule has 18 heavy (non-hydrogen) atoms. The van der Waals surface area contributed by atoms with E-state index in [4.69, 9.17) is 5.73 Å². The van der Waals surface area contributed by atoms with Gasteiger partial charge in [0.05, 0.1) is 5.54 Å². The molecule has 0 bridgehead atoms. The van der Waals surface area contributed by atoms with Crippen LogP contribution in [-0.4, -0.2) is 5.92 Å². The van der Waals surface area contributed by atoms with E-state index < -0.39 is 11.5 Å². The van der Waals surface area contributed by atoms with Crippen LogP contribution in [-0.2, 0) is 5.54 Å². The summed E-state index contributed by atoms with van der Waals surface area (Å²) in [6.07, 6.45) is 0.537. The van der Waals surface area contributed by atoms with Crippen LogP contribution in [0.3, 0.4) is 0 Å². The van der Waals surface area contributed by atoms with Crippen molar-refractivity contribution < 1.29 is 8.78 Å². The van der Waals surface area contributed by atoms with Crippen molar-refractivity contribution in [2.75, 3.05) is 0 Å². The maximum Gasteiger partial charge on any atom is 0.248 e. The van der Waals surface area contributed by atoms with Crippen LogP contribution in [0.25, 0.3) is 10.1 Å².